The van der Waals surface area contributed by atoms with Gasteiger partial charge in [0, 0.05) is 17.9 Å². The third-order valence-corrected chi connectivity index (χ3v) is 4.27. The van der Waals surface area contributed by atoms with Crippen LogP contribution in [-0.2, 0) is 11.2 Å². The summed E-state index contributed by atoms with van der Waals surface area (Å²) >= 11 is 6.07. The van der Waals surface area contributed by atoms with E-state index in [1.54, 1.807) is 0 Å². The van der Waals surface area contributed by atoms with Crippen LogP contribution in [0.1, 0.15) is 76.7 Å². The van der Waals surface area contributed by atoms with Crippen molar-refractivity contribution < 1.29 is 4.79 Å². The summed E-state index contributed by atoms with van der Waals surface area (Å²) in [6, 6.07) is 7.63. The van der Waals surface area contributed by atoms with Crippen molar-refractivity contribution in [3.8, 4) is 0 Å². The molecule has 1 aromatic carbocycles. The van der Waals surface area contributed by atoms with Crippen LogP contribution in [0.25, 0.3) is 0 Å². The normalized spacial score (nSPS) is 10.8. The van der Waals surface area contributed by atoms with Gasteiger partial charge in [0.2, 0.25) is 0 Å². The second-order valence-corrected chi connectivity index (χ2v) is 6.29. The second-order valence-electron chi connectivity index (χ2n) is 5.89. The monoisotopic (exact) mass is 308 g/mol. The van der Waals surface area contributed by atoms with Gasteiger partial charge in [-0.1, -0.05) is 88.1 Å². The molecular weight excluding hydrogens is 280 g/mol. The zero-order chi connectivity index (χ0) is 15.3. The molecular formula is C19H29ClO. The Morgan fingerprint density at radius 2 is 1.48 bits per heavy atom. The Kier molecular flexibility index (Phi) is 10.2. The van der Waals surface area contributed by atoms with Crippen molar-refractivity contribution in [2.45, 2.75) is 77.6 Å². The van der Waals surface area contributed by atoms with Crippen LogP contribution in [0.2, 0.25) is 5.02 Å². The Morgan fingerprint density at radius 3 is 2.10 bits per heavy atom. The highest BCUT2D eigenvalue weighted by Crippen LogP contribution is 2.17. The summed E-state index contributed by atoms with van der Waals surface area (Å²) in [4.78, 5) is 11.9. The molecule has 0 aliphatic carbocycles. The highest BCUT2D eigenvalue weighted by Gasteiger charge is 2.06. The van der Waals surface area contributed by atoms with E-state index in [9.17, 15) is 4.79 Å². The number of carbonyl (C=O) groups excluding carboxylic acids is 1. The molecule has 1 nitrogen and oxygen atoms in total. The average molecular weight is 309 g/mol. The Bertz CT molecular complexity index is 400. The minimum absolute atomic E-state index is 0.311. The molecule has 0 aliphatic rings. The molecule has 0 aliphatic heterocycles. The van der Waals surface area contributed by atoms with Crippen LogP contribution < -0.4 is 0 Å². The summed E-state index contributed by atoms with van der Waals surface area (Å²) in [5.41, 5.74) is 0.958. The van der Waals surface area contributed by atoms with Crippen LogP contribution in [0.5, 0.6) is 0 Å². The predicted molar refractivity (Wildman–Crippen MR) is 92.0 cm³/mol. The van der Waals surface area contributed by atoms with Crippen LogP contribution in [0, 0.1) is 0 Å². The highest BCUT2D eigenvalue weighted by atomic mass is 35.5. The molecule has 0 aromatic heterocycles. The summed E-state index contributed by atoms with van der Waals surface area (Å²) in [6.45, 7) is 2.25. The molecule has 0 bridgehead atoms. The number of benzene rings is 1. The van der Waals surface area contributed by atoms with E-state index >= 15 is 0 Å². The fraction of sp³-hybridized carbons (Fsp3) is 0.632. The third kappa shape index (κ3) is 8.93. The molecule has 118 valence electrons. The Hall–Kier alpha value is -0.820. The number of Topliss-reactive ketones (excluding diaryl/α,β-unsaturated/α-hetero) is 1. The van der Waals surface area contributed by atoms with Crippen molar-refractivity contribution in [3.05, 3.63) is 34.9 Å². The van der Waals surface area contributed by atoms with Crippen LogP contribution in [0.15, 0.2) is 24.3 Å². The maximum Gasteiger partial charge on any atom is 0.137 e. The molecule has 0 N–H and O–H groups in total. The third-order valence-electron chi connectivity index (χ3n) is 3.90. The maximum atomic E-state index is 11.9. The first-order valence-corrected chi connectivity index (χ1v) is 8.87. The fourth-order valence-electron chi connectivity index (χ4n) is 2.58. The second kappa shape index (κ2) is 11.8. The van der Waals surface area contributed by atoms with Gasteiger partial charge in [-0.05, 0) is 18.1 Å². The lowest BCUT2D eigenvalue weighted by Crippen LogP contribution is -2.02. The first-order valence-electron chi connectivity index (χ1n) is 8.49. The van der Waals surface area contributed by atoms with Crippen molar-refractivity contribution in [1.29, 1.82) is 0 Å². The van der Waals surface area contributed by atoms with E-state index in [1.165, 1.54) is 51.4 Å². The molecule has 21 heavy (non-hydrogen) atoms. The number of ketones is 1. The lowest BCUT2D eigenvalue weighted by atomic mass is 10.0. The molecule has 1 rings (SSSR count). The van der Waals surface area contributed by atoms with Gasteiger partial charge in [-0.2, -0.15) is 0 Å². The van der Waals surface area contributed by atoms with Crippen molar-refractivity contribution in [2.24, 2.45) is 0 Å². The zero-order valence-electron chi connectivity index (χ0n) is 13.4. The van der Waals surface area contributed by atoms with E-state index in [0.717, 1.165) is 12.0 Å². The number of carbonyl (C=O) groups is 1. The summed E-state index contributed by atoms with van der Waals surface area (Å²) in [5, 5.41) is 0.706. The van der Waals surface area contributed by atoms with Gasteiger partial charge in [-0.15, -0.1) is 0 Å². The van der Waals surface area contributed by atoms with Crippen molar-refractivity contribution in [3.63, 3.8) is 0 Å². The Labute approximate surface area is 135 Å². The smallest absolute Gasteiger partial charge is 0.137 e. The first-order chi connectivity index (χ1) is 10.2. The molecule has 0 heterocycles. The molecule has 0 amide bonds. The van der Waals surface area contributed by atoms with Gasteiger partial charge in [0.05, 0.1) is 0 Å². The summed E-state index contributed by atoms with van der Waals surface area (Å²) < 4.78 is 0. The van der Waals surface area contributed by atoms with Crippen LogP contribution >= 0.6 is 11.6 Å². The molecule has 0 radical (unpaired) electrons. The Balaban J connectivity index is 2.00. The number of unbranched alkanes of at least 4 members (excludes halogenated alkanes) is 8. The van der Waals surface area contributed by atoms with Gasteiger partial charge >= 0.3 is 0 Å². The summed E-state index contributed by atoms with van der Waals surface area (Å²) in [5.74, 6) is 0.311. The number of hydrogen-bond donors (Lipinski definition) is 0. The minimum Gasteiger partial charge on any atom is -0.299 e. The van der Waals surface area contributed by atoms with E-state index in [0.29, 0.717) is 23.6 Å². The highest BCUT2D eigenvalue weighted by molar-refractivity contribution is 6.31. The van der Waals surface area contributed by atoms with Crippen LogP contribution in [0.3, 0.4) is 0 Å². The van der Waals surface area contributed by atoms with E-state index < -0.39 is 0 Å². The first kappa shape index (κ1) is 18.2. The number of hydrogen-bond acceptors (Lipinski definition) is 1. The topological polar surface area (TPSA) is 17.1 Å². The maximum absolute atomic E-state index is 11.9. The largest absolute Gasteiger partial charge is 0.299 e. The predicted octanol–water partition coefficient (Wildman–Crippen LogP) is 6.37. The zero-order valence-corrected chi connectivity index (χ0v) is 14.1. The van der Waals surface area contributed by atoms with E-state index in [-0.39, 0.29) is 0 Å². The van der Waals surface area contributed by atoms with Gasteiger partial charge in [0.15, 0.2) is 0 Å². The molecule has 0 fully saturated rings. The van der Waals surface area contributed by atoms with Gasteiger partial charge in [0.25, 0.3) is 0 Å². The van der Waals surface area contributed by atoms with Crippen molar-refractivity contribution >= 4 is 17.4 Å². The molecule has 0 saturated carbocycles. The van der Waals surface area contributed by atoms with Crippen LogP contribution in [0.4, 0.5) is 0 Å². The van der Waals surface area contributed by atoms with E-state index in [1.807, 2.05) is 24.3 Å². The molecule has 1 aromatic rings. The molecule has 0 saturated heterocycles. The Morgan fingerprint density at radius 1 is 0.905 bits per heavy atom. The number of halogens is 1. The molecule has 0 atom stereocenters. The lowest BCUT2D eigenvalue weighted by molar-refractivity contribution is -0.118. The van der Waals surface area contributed by atoms with Crippen LogP contribution in [-0.4, -0.2) is 5.78 Å². The molecule has 0 unspecified atom stereocenters. The minimum atomic E-state index is 0.311. The van der Waals surface area contributed by atoms with Gasteiger partial charge in [-0.25, -0.2) is 0 Å². The van der Waals surface area contributed by atoms with Gasteiger partial charge in [0.1, 0.15) is 5.78 Å². The quantitative estimate of drug-likeness (QED) is 0.410. The summed E-state index contributed by atoms with van der Waals surface area (Å²) in [7, 11) is 0. The average Bonchev–Trinajstić information content (AvgIpc) is 2.48. The molecule has 2 heteroatoms. The lowest BCUT2D eigenvalue weighted by Gasteiger charge is -2.04. The van der Waals surface area contributed by atoms with Gasteiger partial charge < -0.3 is 0 Å². The van der Waals surface area contributed by atoms with E-state index in [4.69, 9.17) is 11.6 Å². The van der Waals surface area contributed by atoms with Crippen molar-refractivity contribution in [2.75, 3.05) is 0 Å². The SMILES string of the molecule is CCCCCCCCCCCC(=O)Cc1ccccc1Cl. The fourth-order valence-corrected chi connectivity index (χ4v) is 2.78. The van der Waals surface area contributed by atoms with Crippen molar-refractivity contribution in [1.82, 2.24) is 0 Å². The molecule has 0 spiro atoms. The standard InChI is InChI=1S/C19H29ClO/c1-2-3-4-5-6-7-8-9-10-14-18(21)16-17-13-11-12-15-19(17)20/h11-13,15H,2-10,14,16H2,1H3. The van der Waals surface area contributed by atoms with Gasteiger partial charge in [-0.3, -0.25) is 4.79 Å². The van der Waals surface area contributed by atoms with E-state index in [2.05, 4.69) is 6.92 Å². The summed E-state index contributed by atoms with van der Waals surface area (Å²) in [6.07, 6.45) is 12.8. The number of rotatable bonds is 12.